The van der Waals surface area contributed by atoms with E-state index in [9.17, 15) is 4.79 Å². The topological polar surface area (TPSA) is 69.3 Å². The van der Waals surface area contributed by atoms with Crippen molar-refractivity contribution in [2.75, 3.05) is 6.61 Å². The molecule has 0 fully saturated rings. The van der Waals surface area contributed by atoms with Crippen molar-refractivity contribution in [3.63, 3.8) is 0 Å². The molecule has 112 valence electrons. The minimum atomic E-state index is -0.182. The van der Waals surface area contributed by atoms with Gasteiger partial charge < -0.3 is 14.5 Å². The van der Waals surface area contributed by atoms with Crippen LogP contribution in [0, 0.1) is 6.92 Å². The number of rotatable bonds is 4. The zero-order valence-corrected chi connectivity index (χ0v) is 12.3. The van der Waals surface area contributed by atoms with Gasteiger partial charge >= 0.3 is 0 Å². The second kappa shape index (κ2) is 5.73. The lowest BCUT2D eigenvalue weighted by Crippen LogP contribution is -2.25. The number of aryl methyl sites for hydroxylation is 2. The highest BCUT2D eigenvalue weighted by Crippen LogP contribution is 2.21. The lowest BCUT2D eigenvalue weighted by molar-refractivity contribution is 0.0920. The SMILES string of the molecule is CCn1nc(C(=O)NCc2ccc(C)o2)c2c1CCOC2. The molecule has 2 aromatic heterocycles. The molecule has 6 heteroatoms. The number of nitrogens with zero attached hydrogens (tertiary/aromatic N) is 2. The van der Waals surface area contributed by atoms with E-state index in [0.29, 0.717) is 25.5 Å². The Labute approximate surface area is 123 Å². The van der Waals surface area contributed by atoms with Gasteiger partial charge in [0.2, 0.25) is 0 Å². The Kier molecular flexibility index (Phi) is 3.79. The lowest BCUT2D eigenvalue weighted by Gasteiger charge is -2.14. The summed E-state index contributed by atoms with van der Waals surface area (Å²) in [5.74, 6) is 1.39. The minimum Gasteiger partial charge on any atom is -0.465 e. The molecule has 0 saturated carbocycles. The summed E-state index contributed by atoms with van der Waals surface area (Å²) < 4.78 is 12.8. The quantitative estimate of drug-likeness (QED) is 0.932. The van der Waals surface area contributed by atoms with Crippen molar-refractivity contribution < 1.29 is 13.9 Å². The minimum absolute atomic E-state index is 0.182. The highest BCUT2D eigenvalue weighted by Gasteiger charge is 2.24. The third-order valence-electron chi connectivity index (χ3n) is 3.63. The summed E-state index contributed by atoms with van der Waals surface area (Å²) in [4.78, 5) is 12.3. The first-order valence-electron chi connectivity index (χ1n) is 7.19. The molecule has 0 atom stereocenters. The summed E-state index contributed by atoms with van der Waals surface area (Å²) in [6.07, 6.45) is 0.806. The van der Waals surface area contributed by atoms with Gasteiger partial charge in [-0.3, -0.25) is 9.48 Å². The predicted octanol–water partition coefficient (Wildman–Crippen LogP) is 1.81. The van der Waals surface area contributed by atoms with Gasteiger partial charge in [-0.25, -0.2) is 0 Å². The zero-order valence-electron chi connectivity index (χ0n) is 12.3. The van der Waals surface area contributed by atoms with Gasteiger partial charge in [-0.1, -0.05) is 0 Å². The summed E-state index contributed by atoms with van der Waals surface area (Å²) in [7, 11) is 0. The Bertz CT molecular complexity index is 657. The molecule has 6 nitrogen and oxygen atoms in total. The van der Waals surface area contributed by atoms with Gasteiger partial charge in [0.1, 0.15) is 11.5 Å². The summed E-state index contributed by atoms with van der Waals surface area (Å²) in [6.45, 7) is 6.16. The van der Waals surface area contributed by atoms with Crippen molar-refractivity contribution in [3.8, 4) is 0 Å². The molecule has 0 spiro atoms. The molecule has 0 saturated heterocycles. The van der Waals surface area contributed by atoms with Crippen LogP contribution in [-0.4, -0.2) is 22.3 Å². The van der Waals surface area contributed by atoms with Crippen molar-refractivity contribution in [2.45, 2.75) is 40.0 Å². The van der Waals surface area contributed by atoms with Crippen LogP contribution in [0.1, 0.15) is 40.2 Å². The van der Waals surface area contributed by atoms with Crippen LogP contribution in [0.15, 0.2) is 16.5 Å². The van der Waals surface area contributed by atoms with Gasteiger partial charge in [-0.2, -0.15) is 5.10 Å². The molecule has 2 aromatic rings. The Morgan fingerprint density at radius 3 is 3.05 bits per heavy atom. The maximum absolute atomic E-state index is 12.3. The predicted molar refractivity (Wildman–Crippen MR) is 75.9 cm³/mol. The van der Waals surface area contributed by atoms with E-state index in [4.69, 9.17) is 9.15 Å². The number of nitrogens with one attached hydrogen (secondary N) is 1. The van der Waals surface area contributed by atoms with Crippen LogP contribution < -0.4 is 5.32 Å². The monoisotopic (exact) mass is 289 g/mol. The maximum atomic E-state index is 12.3. The summed E-state index contributed by atoms with van der Waals surface area (Å²) in [6, 6.07) is 3.74. The average Bonchev–Trinajstić information content (AvgIpc) is 3.08. The Morgan fingerprint density at radius 2 is 2.33 bits per heavy atom. The largest absolute Gasteiger partial charge is 0.465 e. The van der Waals surface area contributed by atoms with E-state index >= 15 is 0 Å². The van der Waals surface area contributed by atoms with Crippen molar-refractivity contribution in [1.82, 2.24) is 15.1 Å². The first kappa shape index (κ1) is 13.9. The van der Waals surface area contributed by atoms with Crippen molar-refractivity contribution in [3.05, 3.63) is 40.6 Å². The van der Waals surface area contributed by atoms with Crippen LogP contribution in [0.2, 0.25) is 0 Å². The van der Waals surface area contributed by atoms with Crippen LogP contribution in [-0.2, 0) is 30.9 Å². The fourth-order valence-corrected chi connectivity index (χ4v) is 2.58. The second-order valence-electron chi connectivity index (χ2n) is 5.09. The molecule has 0 aliphatic carbocycles. The molecule has 1 amide bonds. The molecule has 1 aliphatic heterocycles. The van der Waals surface area contributed by atoms with E-state index in [1.165, 1.54) is 0 Å². The smallest absolute Gasteiger partial charge is 0.272 e. The first-order valence-corrected chi connectivity index (χ1v) is 7.19. The van der Waals surface area contributed by atoms with E-state index in [0.717, 1.165) is 35.7 Å². The molecular weight excluding hydrogens is 270 g/mol. The number of hydrogen-bond acceptors (Lipinski definition) is 4. The Morgan fingerprint density at radius 1 is 1.48 bits per heavy atom. The number of fused-ring (bicyclic) bond motifs is 1. The van der Waals surface area contributed by atoms with E-state index in [1.807, 2.05) is 30.7 Å². The van der Waals surface area contributed by atoms with Gasteiger partial charge in [0, 0.05) is 24.2 Å². The van der Waals surface area contributed by atoms with Crippen LogP contribution in [0.4, 0.5) is 0 Å². The van der Waals surface area contributed by atoms with Gasteiger partial charge in [0.05, 0.1) is 19.8 Å². The van der Waals surface area contributed by atoms with Crippen LogP contribution >= 0.6 is 0 Å². The molecule has 1 N–H and O–H groups in total. The number of ether oxygens (including phenoxy) is 1. The fraction of sp³-hybridized carbons (Fsp3) is 0.467. The molecule has 3 rings (SSSR count). The van der Waals surface area contributed by atoms with Gasteiger partial charge in [0.25, 0.3) is 5.91 Å². The molecular formula is C15H19N3O3. The Hall–Kier alpha value is -2.08. The third-order valence-corrected chi connectivity index (χ3v) is 3.63. The number of furan rings is 1. The van der Waals surface area contributed by atoms with Crippen LogP contribution in [0.25, 0.3) is 0 Å². The maximum Gasteiger partial charge on any atom is 0.272 e. The van der Waals surface area contributed by atoms with Crippen molar-refractivity contribution in [2.24, 2.45) is 0 Å². The second-order valence-corrected chi connectivity index (χ2v) is 5.09. The van der Waals surface area contributed by atoms with Crippen LogP contribution in [0.5, 0.6) is 0 Å². The van der Waals surface area contributed by atoms with Crippen molar-refractivity contribution in [1.29, 1.82) is 0 Å². The lowest BCUT2D eigenvalue weighted by atomic mass is 10.1. The number of hydrogen-bond donors (Lipinski definition) is 1. The molecule has 1 aliphatic rings. The highest BCUT2D eigenvalue weighted by atomic mass is 16.5. The normalized spacial score (nSPS) is 14.0. The third kappa shape index (κ3) is 2.71. The van der Waals surface area contributed by atoms with Gasteiger partial charge in [-0.05, 0) is 26.0 Å². The molecule has 21 heavy (non-hydrogen) atoms. The van der Waals surface area contributed by atoms with E-state index in [2.05, 4.69) is 10.4 Å². The van der Waals surface area contributed by atoms with Gasteiger partial charge in [0.15, 0.2) is 5.69 Å². The van der Waals surface area contributed by atoms with E-state index in [-0.39, 0.29) is 5.91 Å². The van der Waals surface area contributed by atoms with Crippen molar-refractivity contribution >= 4 is 5.91 Å². The van der Waals surface area contributed by atoms with Gasteiger partial charge in [-0.15, -0.1) is 0 Å². The van der Waals surface area contributed by atoms with E-state index < -0.39 is 0 Å². The standard InChI is InChI=1S/C15H19N3O3/c1-3-18-13-6-7-20-9-12(13)14(17-18)15(19)16-8-11-5-4-10(2)21-11/h4-5H,3,6-9H2,1-2H3,(H,16,19). The molecule has 0 aromatic carbocycles. The molecule has 3 heterocycles. The zero-order chi connectivity index (χ0) is 14.8. The number of carbonyl (C=O) groups excluding carboxylic acids is 1. The summed E-state index contributed by atoms with van der Waals surface area (Å²) in [5, 5.41) is 7.27. The van der Waals surface area contributed by atoms with E-state index in [1.54, 1.807) is 0 Å². The molecule has 0 unspecified atom stereocenters. The first-order chi connectivity index (χ1) is 10.2. The number of amides is 1. The average molecular weight is 289 g/mol. The molecule has 0 radical (unpaired) electrons. The number of aromatic nitrogens is 2. The number of carbonyl (C=O) groups is 1. The Balaban J connectivity index is 1.76. The highest BCUT2D eigenvalue weighted by molar-refractivity contribution is 5.94. The van der Waals surface area contributed by atoms with Crippen LogP contribution in [0.3, 0.4) is 0 Å². The molecule has 0 bridgehead atoms. The summed E-state index contributed by atoms with van der Waals surface area (Å²) in [5.41, 5.74) is 2.49. The summed E-state index contributed by atoms with van der Waals surface area (Å²) >= 11 is 0. The fourth-order valence-electron chi connectivity index (χ4n) is 2.58.